The summed E-state index contributed by atoms with van der Waals surface area (Å²) in [4.78, 5) is 16.6. The van der Waals surface area contributed by atoms with Gasteiger partial charge in [-0.3, -0.25) is 0 Å². The van der Waals surface area contributed by atoms with E-state index < -0.39 is 0 Å². The van der Waals surface area contributed by atoms with Gasteiger partial charge in [-0.15, -0.1) is 0 Å². The van der Waals surface area contributed by atoms with Crippen molar-refractivity contribution in [3.8, 4) is 6.07 Å². The highest BCUT2D eigenvalue weighted by Crippen LogP contribution is 2.28. The predicted octanol–water partition coefficient (Wildman–Crippen LogP) is 4.33. The number of hydrogen-bond acceptors (Lipinski definition) is 3. The molecule has 2 aliphatic heterocycles. The first-order valence-corrected chi connectivity index (χ1v) is 10.0. The minimum atomic E-state index is 0.116. The van der Waals surface area contributed by atoms with Gasteiger partial charge in [0.25, 0.3) is 0 Å². The van der Waals surface area contributed by atoms with Crippen molar-refractivity contribution >= 4 is 23.2 Å². The maximum atomic E-state index is 12.8. The Hall–Kier alpha value is -2.03. The fourth-order valence-corrected chi connectivity index (χ4v) is 4.05. The quantitative estimate of drug-likeness (QED) is 0.725. The Morgan fingerprint density at radius 1 is 1.22 bits per heavy atom. The third kappa shape index (κ3) is 4.82. The Morgan fingerprint density at radius 2 is 1.89 bits per heavy atom. The first kappa shape index (κ1) is 19.7. The summed E-state index contributed by atoms with van der Waals surface area (Å²) in [5.74, 6) is 0. The molecule has 0 radical (unpaired) electrons. The van der Waals surface area contributed by atoms with Crippen LogP contribution in [-0.2, 0) is 4.74 Å². The van der Waals surface area contributed by atoms with Crippen molar-refractivity contribution in [2.45, 2.75) is 38.7 Å². The van der Waals surface area contributed by atoms with E-state index in [9.17, 15) is 10.1 Å². The smallest absolute Gasteiger partial charge is 0.320 e. The van der Waals surface area contributed by atoms with Crippen molar-refractivity contribution in [3.63, 3.8) is 0 Å². The molecular formula is C21H26ClN3O2. The third-order valence-electron chi connectivity index (χ3n) is 5.33. The average molecular weight is 388 g/mol. The topological polar surface area (TPSA) is 56.6 Å². The van der Waals surface area contributed by atoms with E-state index in [0.29, 0.717) is 23.7 Å². The van der Waals surface area contributed by atoms with Crippen LogP contribution in [0.25, 0.3) is 5.57 Å². The highest BCUT2D eigenvalue weighted by atomic mass is 35.5. The van der Waals surface area contributed by atoms with E-state index >= 15 is 0 Å². The summed E-state index contributed by atoms with van der Waals surface area (Å²) in [5, 5.41) is 10.2. The van der Waals surface area contributed by atoms with Crippen molar-refractivity contribution < 1.29 is 9.53 Å². The molecule has 0 unspecified atom stereocenters. The van der Waals surface area contributed by atoms with E-state index in [4.69, 9.17) is 16.3 Å². The van der Waals surface area contributed by atoms with Crippen molar-refractivity contribution in [1.82, 2.24) is 9.80 Å². The fraction of sp³-hybridized carbons (Fsp3) is 0.524. The van der Waals surface area contributed by atoms with Gasteiger partial charge in [-0.1, -0.05) is 23.7 Å². The molecule has 3 rings (SSSR count). The number of hydrogen-bond donors (Lipinski definition) is 0. The molecule has 0 aromatic heterocycles. The molecule has 1 aromatic rings. The second-order valence-corrected chi connectivity index (χ2v) is 7.45. The number of ether oxygens (including phenoxy) is 1. The van der Waals surface area contributed by atoms with Gasteiger partial charge in [0.1, 0.15) is 0 Å². The molecule has 1 aromatic carbocycles. The van der Waals surface area contributed by atoms with Gasteiger partial charge in [0.05, 0.1) is 17.7 Å². The monoisotopic (exact) mass is 387 g/mol. The molecule has 6 heteroatoms. The molecule has 2 saturated heterocycles. The summed E-state index contributed by atoms with van der Waals surface area (Å²) in [6, 6.07) is 9.86. The fourth-order valence-electron chi connectivity index (χ4n) is 3.86. The molecule has 5 nitrogen and oxygen atoms in total. The Balaban J connectivity index is 1.60. The zero-order valence-corrected chi connectivity index (χ0v) is 16.5. The number of benzene rings is 1. The highest BCUT2D eigenvalue weighted by molar-refractivity contribution is 6.30. The molecule has 2 amide bonds. The van der Waals surface area contributed by atoms with Gasteiger partial charge in [0.2, 0.25) is 0 Å². The lowest BCUT2D eigenvalue weighted by Gasteiger charge is -2.37. The molecule has 2 aliphatic rings. The second kappa shape index (κ2) is 9.25. The Morgan fingerprint density at radius 3 is 2.48 bits per heavy atom. The van der Waals surface area contributed by atoms with E-state index in [1.165, 1.54) is 0 Å². The lowest BCUT2D eigenvalue weighted by Crippen LogP contribution is -2.49. The number of amides is 2. The molecule has 0 saturated carbocycles. The lowest BCUT2D eigenvalue weighted by atomic mass is 9.94. The molecule has 0 aliphatic carbocycles. The number of likely N-dealkylation sites (tertiary alicyclic amines) is 2. The van der Waals surface area contributed by atoms with Gasteiger partial charge in [0, 0.05) is 37.8 Å². The van der Waals surface area contributed by atoms with Gasteiger partial charge < -0.3 is 14.5 Å². The highest BCUT2D eigenvalue weighted by Gasteiger charge is 2.28. The molecule has 2 fully saturated rings. The number of urea groups is 1. The molecule has 0 atom stereocenters. The van der Waals surface area contributed by atoms with Crippen molar-refractivity contribution in [3.05, 3.63) is 40.4 Å². The maximum Gasteiger partial charge on any atom is 0.320 e. The minimum absolute atomic E-state index is 0.116. The largest absolute Gasteiger partial charge is 0.378 e. The van der Waals surface area contributed by atoms with Crippen LogP contribution in [-0.4, -0.2) is 54.7 Å². The Labute approximate surface area is 166 Å². The number of piperidine rings is 2. The van der Waals surface area contributed by atoms with Crippen LogP contribution in [0, 0.1) is 11.3 Å². The maximum absolute atomic E-state index is 12.8. The standard InChI is InChI=1S/C21H26ClN3O2/c1-2-27-19-8-12-25(13-9-19)21(26)24-10-6-16(7-11-24)20(15-23)17-4-3-5-18(22)14-17/h3-5,14,19H,2,6-13H2,1H3. The number of carbonyl (C=O) groups is 1. The van der Waals surface area contributed by atoms with Crippen LogP contribution in [0.15, 0.2) is 29.8 Å². The molecule has 0 spiro atoms. The van der Waals surface area contributed by atoms with E-state index in [1.807, 2.05) is 34.9 Å². The summed E-state index contributed by atoms with van der Waals surface area (Å²) >= 11 is 6.07. The van der Waals surface area contributed by atoms with Crippen molar-refractivity contribution in [2.75, 3.05) is 32.8 Å². The summed E-state index contributed by atoms with van der Waals surface area (Å²) in [5.41, 5.74) is 2.67. The first-order valence-electron chi connectivity index (χ1n) is 9.66. The number of halogens is 1. The zero-order chi connectivity index (χ0) is 19.2. The van der Waals surface area contributed by atoms with Gasteiger partial charge in [-0.2, -0.15) is 5.26 Å². The number of carbonyl (C=O) groups excluding carboxylic acids is 1. The Kier molecular flexibility index (Phi) is 6.76. The summed E-state index contributed by atoms with van der Waals surface area (Å²) in [6.45, 7) is 5.57. The van der Waals surface area contributed by atoms with Crippen LogP contribution in [0.1, 0.15) is 38.2 Å². The number of nitriles is 1. The van der Waals surface area contributed by atoms with Gasteiger partial charge in [0.15, 0.2) is 0 Å². The SMILES string of the molecule is CCOC1CCN(C(=O)N2CCC(=C(C#N)c3cccc(Cl)c3)CC2)CC1. The summed E-state index contributed by atoms with van der Waals surface area (Å²) in [6.07, 6.45) is 3.57. The third-order valence-corrected chi connectivity index (χ3v) is 5.57. The average Bonchev–Trinajstić information content (AvgIpc) is 2.69. The minimum Gasteiger partial charge on any atom is -0.378 e. The van der Waals surface area contributed by atoms with E-state index in [-0.39, 0.29) is 12.1 Å². The van der Waals surface area contributed by atoms with Crippen molar-refractivity contribution in [1.29, 1.82) is 5.26 Å². The molecule has 0 bridgehead atoms. The lowest BCUT2D eigenvalue weighted by molar-refractivity contribution is 0.0182. The number of allylic oxidation sites excluding steroid dienone is 1. The molecule has 144 valence electrons. The van der Waals surface area contributed by atoms with E-state index in [1.54, 1.807) is 6.07 Å². The summed E-state index contributed by atoms with van der Waals surface area (Å²) < 4.78 is 5.66. The van der Waals surface area contributed by atoms with E-state index in [0.717, 1.165) is 56.5 Å². The first-order chi connectivity index (χ1) is 13.1. The summed E-state index contributed by atoms with van der Waals surface area (Å²) in [7, 11) is 0. The van der Waals surface area contributed by atoms with E-state index in [2.05, 4.69) is 6.07 Å². The number of rotatable bonds is 3. The second-order valence-electron chi connectivity index (χ2n) is 7.01. The number of nitrogens with zero attached hydrogens (tertiary/aromatic N) is 3. The van der Waals surface area contributed by atoms with Crippen LogP contribution in [0.2, 0.25) is 5.02 Å². The predicted molar refractivity (Wildman–Crippen MR) is 106 cm³/mol. The van der Waals surface area contributed by atoms with Crippen LogP contribution in [0.4, 0.5) is 4.79 Å². The van der Waals surface area contributed by atoms with Crippen LogP contribution >= 0.6 is 11.6 Å². The molecular weight excluding hydrogens is 362 g/mol. The van der Waals surface area contributed by atoms with Crippen LogP contribution in [0.3, 0.4) is 0 Å². The van der Waals surface area contributed by atoms with Crippen LogP contribution < -0.4 is 0 Å². The van der Waals surface area contributed by atoms with Crippen LogP contribution in [0.5, 0.6) is 0 Å². The van der Waals surface area contributed by atoms with Gasteiger partial charge in [-0.25, -0.2) is 4.79 Å². The van der Waals surface area contributed by atoms with Gasteiger partial charge >= 0.3 is 6.03 Å². The normalized spacial score (nSPS) is 18.3. The van der Waals surface area contributed by atoms with Crippen molar-refractivity contribution in [2.24, 2.45) is 0 Å². The Bertz CT molecular complexity index is 738. The molecule has 27 heavy (non-hydrogen) atoms. The molecule has 2 heterocycles. The molecule has 0 N–H and O–H groups in total. The zero-order valence-electron chi connectivity index (χ0n) is 15.8. The van der Waals surface area contributed by atoms with Gasteiger partial charge in [-0.05, 0) is 55.9 Å².